The van der Waals surface area contributed by atoms with Crippen LogP contribution >= 0.6 is 0 Å². The van der Waals surface area contributed by atoms with Crippen LogP contribution in [-0.2, 0) is 15.1 Å². The highest BCUT2D eigenvalue weighted by molar-refractivity contribution is 5.83. The molecule has 2 heterocycles. The lowest BCUT2D eigenvalue weighted by molar-refractivity contribution is -0.213. The molecule has 2 fully saturated rings. The van der Waals surface area contributed by atoms with Crippen LogP contribution in [0.2, 0.25) is 0 Å². The molecule has 3 aromatic rings. The van der Waals surface area contributed by atoms with Gasteiger partial charge >= 0.3 is 5.97 Å². The van der Waals surface area contributed by atoms with Crippen molar-refractivity contribution in [3.05, 3.63) is 108 Å². The predicted molar refractivity (Wildman–Crippen MR) is 108 cm³/mol. The van der Waals surface area contributed by atoms with Gasteiger partial charge in [-0.25, -0.2) is 0 Å². The Morgan fingerprint density at radius 1 is 0.929 bits per heavy atom. The second-order valence-electron chi connectivity index (χ2n) is 7.57. The number of hydrogen-bond acceptors (Lipinski definition) is 3. The van der Waals surface area contributed by atoms with Crippen molar-refractivity contribution in [2.24, 2.45) is 11.8 Å². The highest BCUT2D eigenvalue weighted by Gasteiger charge is 2.67. The molecular weight excluding hydrogens is 346 g/mol. The molecule has 1 aromatic heterocycles. The minimum Gasteiger partial charge on any atom is -0.451 e. The van der Waals surface area contributed by atoms with Gasteiger partial charge in [0.25, 0.3) is 0 Å². The topological polar surface area (TPSA) is 39.2 Å². The van der Waals surface area contributed by atoms with Gasteiger partial charge in [0, 0.05) is 18.5 Å². The number of aromatic nitrogens is 1. The fourth-order valence-electron chi connectivity index (χ4n) is 4.77. The van der Waals surface area contributed by atoms with Crippen LogP contribution < -0.4 is 0 Å². The summed E-state index contributed by atoms with van der Waals surface area (Å²) in [4.78, 5) is 17.2. The Morgan fingerprint density at radius 3 is 2.32 bits per heavy atom. The summed E-state index contributed by atoms with van der Waals surface area (Å²) in [7, 11) is 0. The molecule has 28 heavy (non-hydrogen) atoms. The van der Waals surface area contributed by atoms with Gasteiger partial charge in [-0.1, -0.05) is 78.9 Å². The van der Waals surface area contributed by atoms with Crippen LogP contribution in [-0.4, -0.2) is 11.0 Å². The first-order valence-corrected chi connectivity index (χ1v) is 9.70. The maximum Gasteiger partial charge on any atom is 0.315 e. The van der Waals surface area contributed by atoms with Crippen molar-refractivity contribution in [1.82, 2.24) is 4.98 Å². The van der Waals surface area contributed by atoms with Crippen LogP contribution in [0.5, 0.6) is 0 Å². The Hall–Kier alpha value is -3.20. The summed E-state index contributed by atoms with van der Waals surface area (Å²) in [5, 5.41) is 0. The molecule has 0 bridgehead atoms. The average molecular weight is 367 g/mol. The number of esters is 1. The van der Waals surface area contributed by atoms with E-state index in [0.29, 0.717) is 0 Å². The number of carbonyl (C=O) groups is 1. The molecule has 5 rings (SSSR count). The monoisotopic (exact) mass is 367 g/mol. The summed E-state index contributed by atoms with van der Waals surface area (Å²) in [6.45, 7) is 0. The number of ether oxygens (including phenoxy) is 1. The van der Waals surface area contributed by atoms with Crippen LogP contribution in [0.15, 0.2) is 91.1 Å². The second-order valence-corrected chi connectivity index (χ2v) is 7.57. The van der Waals surface area contributed by atoms with E-state index in [4.69, 9.17) is 4.74 Å². The minimum atomic E-state index is -0.620. The first kappa shape index (κ1) is 16.9. The van der Waals surface area contributed by atoms with Crippen molar-refractivity contribution >= 4 is 12.0 Å². The third-order valence-corrected chi connectivity index (χ3v) is 6.05. The second kappa shape index (κ2) is 6.75. The molecule has 0 spiro atoms. The van der Waals surface area contributed by atoms with Crippen molar-refractivity contribution in [1.29, 1.82) is 0 Å². The maximum atomic E-state index is 12.6. The third-order valence-electron chi connectivity index (χ3n) is 6.05. The van der Waals surface area contributed by atoms with Gasteiger partial charge in [0.2, 0.25) is 0 Å². The van der Waals surface area contributed by atoms with Gasteiger partial charge in [0.1, 0.15) is 5.92 Å². The van der Waals surface area contributed by atoms with E-state index in [1.165, 1.54) is 5.56 Å². The van der Waals surface area contributed by atoms with E-state index in [0.717, 1.165) is 17.7 Å². The van der Waals surface area contributed by atoms with Gasteiger partial charge in [0.15, 0.2) is 5.60 Å². The predicted octanol–water partition coefficient (Wildman–Crippen LogP) is 4.97. The fourth-order valence-corrected chi connectivity index (χ4v) is 4.77. The van der Waals surface area contributed by atoms with Gasteiger partial charge in [0.05, 0.1) is 5.69 Å². The number of carbonyl (C=O) groups excluding carboxylic acids is 1. The summed E-state index contributed by atoms with van der Waals surface area (Å²) in [6, 6.07) is 26.5. The zero-order valence-corrected chi connectivity index (χ0v) is 15.4. The smallest absolute Gasteiger partial charge is 0.315 e. The number of benzene rings is 2. The van der Waals surface area contributed by atoms with Gasteiger partial charge in [-0.3, -0.25) is 9.78 Å². The molecular formula is C25H21NO2. The molecule has 4 atom stereocenters. The number of nitrogens with zero attached hydrogens (tertiary/aromatic N) is 1. The molecule has 3 heteroatoms. The molecule has 1 aliphatic carbocycles. The van der Waals surface area contributed by atoms with Crippen molar-refractivity contribution in [3.8, 4) is 0 Å². The molecule has 0 unspecified atom stereocenters. The molecule has 1 saturated heterocycles. The van der Waals surface area contributed by atoms with Crippen molar-refractivity contribution in [2.75, 3.05) is 0 Å². The zero-order chi connectivity index (χ0) is 19.0. The fraction of sp³-hybridized carbons (Fsp3) is 0.200. The quantitative estimate of drug-likeness (QED) is 0.611. The normalized spacial score (nSPS) is 28.6. The van der Waals surface area contributed by atoms with Crippen molar-refractivity contribution in [3.63, 3.8) is 0 Å². The Labute approximate surface area is 164 Å². The Morgan fingerprint density at radius 2 is 1.64 bits per heavy atom. The summed E-state index contributed by atoms with van der Waals surface area (Å²) in [5.41, 5.74) is 2.62. The van der Waals surface area contributed by atoms with Crippen molar-refractivity contribution in [2.45, 2.75) is 17.9 Å². The minimum absolute atomic E-state index is 0.0749. The molecule has 0 amide bonds. The van der Waals surface area contributed by atoms with Crippen LogP contribution in [0.4, 0.5) is 0 Å². The molecule has 138 valence electrons. The standard InChI is InChI=1S/C25H21NO2/c27-24-23-20(15-14-18-9-3-1-4-10-18)21(19-11-5-2-6-12-19)17-25(23,28-24)22-13-7-8-16-26-22/h1-16,20-21,23H,17H2/b15-14+/t20-,21-,23+,25-/m1/s1. The van der Waals surface area contributed by atoms with E-state index in [1.54, 1.807) is 6.20 Å². The Bertz CT molecular complexity index is 1000. The van der Waals surface area contributed by atoms with Gasteiger partial charge in [-0.05, 0) is 29.2 Å². The van der Waals surface area contributed by atoms with Gasteiger partial charge in [-0.15, -0.1) is 0 Å². The molecule has 1 saturated carbocycles. The lowest BCUT2D eigenvalue weighted by Crippen LogP contribution is -2.53. The van der Waals surface area contributed by atoms with Gasteiger partial charge in [-0.2, -0.15) is 0 Å². The largest absolute Gasteiger partial charge is 0.451 e. The van der Waals surface area contributed by atoms with E-state index in [9.17, 15) is 4.79 Å². The highest BCUT2D eigenvalue weighted by Crippen LogP contribution is 2.62. The van der Waals surface area contributed by atoms with E-state index in [-0.39, 0.29) is 23.7 Å². The number of fused-ring (bicyclic) bond motifs is 1. The third kappa shape index (κ3) is 2.66. The molecule has 2 aliphatic rings. The first-order chi connectivity index (χ1) is 13.8. The Kier molecular flexibility index (Phi) is 4.09. The lowest BCUT2D eigenvalue weighted by atomic mass is 9.77. The van der Waals surface area contributed by atoms with E-state index in [1.807, 2.05) is 42.5 Å². The summed E-state index contributed by atoms with van der Waals surface area (Å²) in [5.74, 6) is -0.0372. The van der Waals surface area contributed by atoms with E-state index in [2.05, 4.69) is 53.5 Å². The van der Waals surface area contributed by atoms with Crippen LogP contribution in [0.1, 0.15) is 29.2 Å². The summed E-state index contributed by atoms with van der Waals surface area (Å²) < 4.78 is 5.84. The van der Waals surface area contributed by atoms with Gasteiger partial charge < -0.3 is 4.74 Å². The number of rotatable bonds is 4. The molecule has 3 nitrogen and oxygen atoms in total. The van der Waals surface area contributed by atoms with E-state index < -0.39 is 5.60 Å². The first-order valence-electron chi connectivity index (χ1n) is 9.70. The lowest BCUT2D eigenvalue weighted by Gasteiger charge is -2.43. The molecule has 2 aromatic carbocycles. The van der Waals surface area contributed by atoms with E-state index >= 15 is 0 Å². The Balaban J connectivity index is 1.57. The van der Waals surface area contributed by atoms with Crippen LogP contribution in [0, 0.1) is 11.8 Å². The average Bonchev–Trinajstić information content (AvgIpc) is 3.03. The zero-order valence-electron chi connectivity index (χ0n) is 15.4. The van der Waals surface area contributed by atoms with Crippen LogP contribution in [0.25, 0.3) is 6.08 Å². The molecule has 0 N–H and O–H groups in total. The maximum absolute atomic E-state index is 12.6. The molecule has 0 radical (unpaired) electrons. The number of allylic oxidation sites excluding steroid dienone is 1. The summed E-state index contributed by atoms with van der Waals surface area (Å²) in [6.07, 6.45) is 6.86. The highest BCUT2D eigenvalue weighted by atomic mass is 16.6. The SMILES string of the molecule is O=C1O[C@@]2(c3ccccn3)C[C@H](c3ccccc3)[C@@H](/C=C/c3ccccc3)[C@@H]12. The van der Waals surface area contributed by atoms with Crippen molar-refractivity contribution < 1.29 is 9.53 Å². The van der Waals surface area contributed by atoms with Crippen LogP contribution in [0.3, 0.4) is 0 Å². The number of pyridine rings is 1. The summed E-state index contributed by atoms with van der Waals surface area (Å²) >= 11 is 0. The molecule has 1 aliphatic heterocycles. The number of hydrogen-bond donors (Lipinski definition) is 0.